The van der Waals surface area contributed by atoms with Gasteiger partial charge in [0, 0.05) is 5.39 Å². The van der Waals surface area contributed by atoms with E-state index >= 15 is 0 Å². The molecule has 154 valence electrons. The quantitative estimate of drug-likeness (QED) is 0.628. The molecule has 0 saturated carbocycles. The molecule has 7 nitrogen and oxygen atoms in total. The maximum Gasteiger partial charge on any atom is 0.340 e. The lowest BCUT2D eigenvalue weighted by atomic mass is 10.0. The molecule has 1 aromatic heterocycles. The number of anilines is 1. The normalized spacial score (nSPS) is 10.5. The Morgan fingerprint density at radius 1 is 1.00 bits per heavy atom. The summed E-state index contributed by atoms with van der Waals surface area (Å²) in [6.45, 7) is 3.25. The van der Waals surface area contributed by atoms with Crippen LogP contribution in [0.15, 0.2) is 48.5 Å². The molecule has 2 aromatic carbocycles. The highest BCUT2D eigenvalue weighted by molar-refractivity contribution is 6.03. The Kier molecular flexibility index (Phi) is 6.41. The van der Waals surface area contributed by atoms with Gasteiger partial charge in [0.05, 0.1) is 35.1 Å². The van der Waals surface area contributed by atoms with Crippen molar-refractivity contribution in [3.05, 3.63) is 70.9 Å². The second kappa shape index (κ2) is 9.17. The molecule has 0 atom stereocenters. The minimum Gasteiger partial charge on any atom is -0.465 e. The van der Waals surface area contributed by atoms with Crippen LogP contribution in [0.25, 0.3) is 10.9 Å². The molecule has 0 aliphatic heterocycles. The summed E-state index contributed by atoms with van der Waals surface area (Å²) in [7, 11) is 1.26. The van der Waals surface area contributed by atoms with Crippen molar-refractivity contribution in [2.24, 2.45) is 0 Å². The fourth-order valence-corrected chi connectivity index (χ4v) is 3.24. The number of hydrogen-bond acceptors (Lipinski definition) is 6. The number of nitrogens with zero attached hydrogens (tertiary/aromatic N) is 1. The molecule has 7 heteroatoms. The van der Waals surface area contributed by atoms with E-state index in [0.717, 1.165) is 16.5 Å². The fraction of sp³-hybridized carbons (Fsp3) is 0.217. The standard InChI is InChI=1S/C23H22N2O5/c1-4-17-21(14(2)15-9-5-7-11-18(15)24-17)23(28)30-13-20(26)25-19-12-8-6-10-16(19)22(27)29-3/h5-12H,4,13H2,1-3H3,(H,25,26). The lowest BCUT2D eigenvalue weighted by Crippen LogP contribution is -2.23. The van der Waals surface area contributed by atoms with Crippen molar-refractivity contribution in [2.45, 2.75) is 20.3 Å². The number of benzene rings is 2. The van der Waals surface area contributed by atoms with Gasteiger partial charge in [0.25, 0.3) is 5.91 Å². The van der Waals surface area contributed by atoms with Gasteiger partial charge in [0.2, 0.25) is 0 Å². The number of nitrogens with one attached hydrogen (secondary N) is 1. The number of pyridine rings is 1. The Hall–Kier alpha value is -3.74. The zero-order chi connectivity index (χ0) is 21.7. The van der Waals surface area contributed by atoms with E-state index in [1.165, 1.54) is 13.2 Å². The van der Waals surface area contributed by atoms with Crippen LogP contribution in [0.5, 0.6) is 0 Å². The summed E-state index contributed by atoms with van der Waals surface area (Å²) < 4.78 is 9.96. The summed E-state index contributed by atoms with van der Waals surface area (Å²) in [6, 6.07) is 14.0. The predicted octanol–water partition coefficient (Wildman–Crippen LogP) is 3.69. The minimum absolute atomic E-state index is 0.211. The number of aromatic nitrogens is 1. The van der Waals surface area contributed by atoms with Crippen molar-refractivity contribution in [3.8, 4) is 0 Å². The van der Waals surface area contributed by atoms with E-state index in [1.807, 2.05) is 38.1 Å². The lowest BCUT2D eigenvalue weighted by Gasteiger charge is -2.14. The topological polar surface area (TPSA) is 94.6 Å². The summed E-state index contributed by atoms with van der Waals surface area (Å²) in [5.41, 5.74) is 3.05. The van der Waals surface area contributed by atoms with Gasteiger partial charge in [-0.05, 0) is 37.1 Å². The monoisotopic (exact) mass is 406 g/mol. The smallest absolute Gasteiger partial charge is 0.340 e. The number of esters is 2. The summed E-state index contributed by atoms with van der Waals surface area (Å²) in [4.78, 5) is 41.4. The number of hydrogen-bond donors (Lipinski definition) is 1. The van der Waals surface area contributed by atoms with Crippen LogP contribution >= 0.6 is 0 Å². The number of methoxy groups -OCH3 is 1. The van der Waals surface area contributed by atoms with Crippen LogP contribution in [0, 0.1) is 6.92 Å². The first kappa shape index (κ1) is 21.0. The van der Waals surface area contributed by atoms with E-state index in [2.05, 4.69) is 10.3 Å². The van der Waals surface area contributed by atoms with Gasteiger partial charge in [-0.2, -0.15) is 0 Å². The van der Waals surface area contributed by atoms with Gasteiger partial charge in [0.1, 0.15) is 0 Å². The Morgan fingerprint density at radius 3 is 2.43 bits per heavy atom. The third-order valence-corrected chi connectivity index (χ3v) is 4.71. The van der Waals surface area contributed by atoms with Gasteiger partial charge in [0.15, 0.2) is 6.61 Å². The maximum atomic E-state index is 12.8. The molecule has 0 aliphatic rings. The van der Waals surface area contributed by atoms with Crippen molar-refractivity contribution >= 4 is 34.4 Å². The highest BCUT2D eigenvalue weighted by atomic mass is 16.5. The second-order valence-corrected chi connectivity index (χ2v) is 6.59. The third-order valence-electron chi connectivity index (χ3n) is 4.71. The van der Waals surface area contributed by atoms with E-state index in [0.29, 0.717) is 17.7 Å². The molecule has 0 saturated heterocycles. The molecule has 1 N–H and O–H groups in total. The maximum absolute atomic E-state index is 12.8. The molecule has 1 heterocycles. The number of ether oxygens (including phenoxy) is 2. The average Bonchev–Trinajstić information content (AvgIpc) is 2.77. The van der Waals surface area contributed by atoms with Crippen molar-refractivity contribution in [2.75, 3.05) is 19.0 Å². The van der Waals surface area contributed by atoms with Gasteiger partial charge >= 0.3 is 11.9 Å². The van der Waals surface area contributed by atoms with Crippen molar-refractivity contribution in [3.63, 3.8) is 0 Å². The molecule has 0 radical (unpaired) electrons. The largest absolute Gasteiger partial charge is 0.465 e. The summed E-state index contributed by atoms with van der Waals surface area (Å²) in [6.07, 6.45) is 0.550. The minimum atomic E-state index is -0.612. The zero-order valence-corrected chi connectivity index (χ0v) is 17.0. The molecule has 1 amide bonds. The SMILES string of the molecule is CCc1nc2ccccc2c(C)c1C(=O)OCC(=O)Nc1ccccc1C(=O)OC. The number of fused-ring (bicyclic) bond motifs is 1. The molecule has 0 spiro atoms. The van der Waals surface area contributed by atoms with Crippen LogP contribution in [-0.2, 0) is 20.7 Å². The van der Waals surface area contributed by atoms with Crippen LogP contribution in [0.2, 0.25) is 0 Å². The number of rotatable bonds is 6. The molecule has 0 bridgehead atoms. The molecule has 3 rings (SSSR count). The van der Waals surface area contributed by atoms with Crippen molar-refractivity contribution in [1.29, 1.82) is 0 Å². The number of aryl methyl sites for hydroxylation is 2. The van der Waals surface area contributed by atoms with Crippen LogP contribution in [0.1, 0.15) is 38.9 Å². The summed E-state index contributed by atoms with van der Waals surface area (Å²) in [5, 5.41) is 3.43. The van der Waals surface area contributed by atoms with E-state index in [9.17, 15) is 14.4 Å². The summed E-state index contributed by atoms with van der Waals surface area (Å²) >= 11 is 0. The average molecular weight is 406 g/mol. The highest BCUT2D eigenvalue weighted by Gasteiger charge is 2.20. The predicted molar refractivity (Wildman–Crippen MR) is 113 cm³/mol. The third kappa shape index (κ3) is 4.30. The van der Waals surface area contributed by atoms with E-state index in [1.54, 1.807) is 18.2 Å². The van der Waals surface area contributed by atoms with Crippen LogP contribution in [0.4, 0.5) is 5.69 Å². The lowest BCUT2D eigenvalue weighted by molar-refractivity contribution is -0.119. The van der Waals surface area contributed by atoms with Gasteiger partial charge < -0.3 is 14.8 Å². The van der Waals surface area contributed by atoms with Gasteiger partial charge in [-0.15, -0.1) is 0 Å². The van der Waals surface area contributed by atoms with E-state index in [-0.39, 0.29) is 11.3 Å². The summed E-state index contributed by atoms with van der Waals surface area (Å²) in [5.74, 6) is -1.75. The Bertz CT molecular complexity index is 1120. The Balaban J connectivity index is 1.76. The molecular formula is C23H22N2O5. The van der Waals surface area contributed by atoms with E-state index in [4.69, 9.17) is 9.47 Å². The number of amides is 1. The second-order valence-electron chi connectivity index (χ2n) is 6.59. The van der Waals surface area contributed by atoms with E-state index < -0.39 is 24.5 Å². The fourth-order valence-electron chi connectivity index (χ4n) is 3.24. The molecule has 30 heavy (non-hydrogen) atoms. The first-order valence-corrected chi connectivity index (χ1v) is 9.48. The molecular weight excluding hydrogens is 384 g/mol. The van der Waals surface area contributed by atoms with Crippen molar-refractivity contribution in [1.82, 2.24) is 4.98 Å². The Labute approximate surface area is 174 Å². The molecule has 3 aromatic rings. The molecule has 0 unspecified atom stereocenters. The first-order valence-electron chi connectivity index (χ1n) is 9.48. The number of carbonyl (C=O) groups excluding carboxylic acids is 3. The molecule has 0 aliphatic carbocycles. The number of para-hydroxylation sites is 2. The molecule has 0 fully saturated rings. The highest BCUT2D eigenvalue weighted by Crippen LogP contribution is 2.24. The van der Waals surface area contributed by atoms with Gasteiger partial charge in [-0.25, -0.2) is 9.59 Å². The number of carbonyl (C=O) groups is 3. The van der Waals surface area contributed by atoms with Gasteiger partial charge in [-0.3, -0.25) is 9.78 Å². The Morgan fingerprint density at radius 2 is 1.70 bits per heavy atom. The van der Waals surface area contributed by atoms with Crippen LogP contribution in [0.3, 0.4) is 0 Å². The zero-order valence-electron chi connectivity index (χ0n) is 17.0. The van der Waals surface area contributed by atoms with Crippen molar-refractivity contribution < 1.29 is 23.9 Å². The first-order chi connectivity index (χ1) is 14.5. The van der Waals surface area contributed by atoms with Crippen LogP contribution in [-0.4, -0.2) is 36.5 Å². The van der Waals surface area contributed by atoms with Gasteiger partial charge in [-0.1, -0.05) is 37.3 Å². The van der Waals surface area contributed by atoms with Crippen LogP contribution < -0.4 is 5.32 Å².